The van der Waals surface area contributed by atoms with Gasteiger partial charge in [-0.1, -0.05) is 0 Å². The second-order valence-electron chi connectivity index (χ2n) is 5.60. The summed E-state index contributed by atoms with van der Waals surface area (Å²) in [6.07, 6.45) is 6.39. The van der Waals surface area contributed by atoms with E-state index in [-0.39, 0.29) is 30.5 Å². The van der Waals surface area contributed by atoms with Gasteiger partial charge in [0.15, 0.2) is 0 Å². The van der Waals surface area contributed by atoms with Crippen LogP contribution >= 0.6 is 0 Å². The van der Waals surface area contributed by atoms with Gasteiger partial charge in [-0.25, -0.2) is 0 Å². The first-order valence-corrected chi connectivity index (χ1v) is 6.40. The predicted octanol–water partition coefficient (Wildman–Crippen LogP) is 0.615. The molecule has 4 fully saturated rings. The number of ether oxygens (including phenoxy) is 3. The van der Waals surface area contributed by atoms with Crippen LogP contribution in [-0.4, -0.2) is 47.8 Å². The summed E-state index contributed by atoms with van der Waals surface area (Å²) in [6, 6.07) is 0. The molecule has 0 amide bonds. The first-order valence-electron chi connectivity index (χ1n) is 6.40. The summed E-state index contributed by atoms with van der Waals surface area (Å²) < 4.78 is 17.9. The molecule has 90 valence electrons. The zero-order chi connectivity index (χ0) is 10.8. The van der Waals surface area contributed by atoms with Crippen molar-refractivity contribution in [2.24, 2.45) is 0 Å². The number of fused-ring (bicyclic) bond motifs is 3. The van der Waals surface area contributed by atoms with Crippen molar-refractivity contribution in [3.8, 4) is 0 Å². The molecular weight excluding hydrogens is 208 g/mol. The zero-order valence-electron chi connectivity index (χ0n) is 9.30. The lowest BCUT2D eigenvalue weighted by atomic mass is 9.78. The van der Waals surface area contributed by atoms with E-state index in [0.717, 1.165) is 32.1 Å². The molecule has 1 aliphatic carbocycles. The fraction of sp³-hybridized carbons (Fsp3) is 1.00. The third-order valence-corrected chi connectivity index (χ3v) is 4.61. The molecule has 4 aliphatic rings. The Morgan fingerprint density at radius 3 is 2.75 bits per heavy atom. The van der Waals surface area contributed by atoms with E-state index >= 15 is 0 Å². The molecule has 16 heavy (non-hydrogen) atoms. The summed E-state index contributed by atoms with van der Waals surface area (Å²) in [5.41, 5.74) is -0.0829. The van der Waals surface area contributed by atoms with E-state index in [2.05, 4.69) is 0 Å². The van der Waals surface area contributed by atoms with E-state index in [0.29, 0.717) is 12.2 Å². The van der Waals surface area contributed by atoms with Crippen molar-refractivity contribution in [2.75, 3.05) is 6.61 Å². The molecule has 4 rings (SSSR count). The maximum Gasteiger partial charge on any atom is 0.110 e. The van der Waals surface area contributed by atoms with Crippen molar-refractivity contribution in [1.82, 2.24) is 0 Å². The number of hydrogen-bond acceptors (Lipinski definition) is 4. The fourth-order valence-electron chi connectivity index (χ4n) is 3.83. The molecule has 0 radical (unpaired) electrons. The molecule has 0 aromatic rings. The Morgan fingerprint density at radius 1 is 1.12 bits per heavy atom. The topological polar surface area (TPSA) is 51.2 Å². The lowest BCUT2D eigenvalue weighted by Crippen LogP contribution is -2.50. The zero-order valence-corrected chi connectivity index (χ0v) is 9.30. The maximum absolute atomic E-state index is 9.01. The second kappa shape index (κ2) is 3.19. The van der Waals surface area contributed by atoms with Gasteiger partial charge in [-0.2, -0.15) is 0 Å². The van der Waals surface area contributed by atoms with Gasteiger partial charge in [0, 0.05) is 19.4 Å². The number of epoxide rings is 1. The standard InChI is InChI=1S/C12H18O4/c13-4-3-7-1-2-10-12(16-7)5-8(14-10)11-9(6-12)15-11/h7-11,13H,1-6H2/t7?,8-,9-,10?,11+,12?/m1/s1. The van der Waals surface area contributed by atoms with Gasteiger partial charge in [0.1, 0.15) is 6.10 Å². The predicted molar refractivity (Wildman–Crippen MR) is 55.1 cm³/mol. The van der Waals surface area contributed by atoms with Crippen LogP contribution in [0.25, 0.3) is 0 Å². The third-order valence-electron chi connectivity index (χ3n) is 4.61. The molecule has 4 heteroatoms. The molecule has 1 saturated carbocycles. The average molecular weight is 226 g/mol. The van der Waals surface area contributed by atoms with Crippen molar-refractivity contribution in [1.29, 1.82) is 0 Å². The molecule has 0 aromatic heterocycles. The van der Waals surface area contributed by atoms with Gasteiger partial charge < -0.3 is 19.3 Å². The van der Waals surface area contributed by atoms with Gasteiger partial charge in [-0.15, -0.1) is 0 Å². The largest absolute Gasteiger partial charge is 0.396 e. The van der Waals surface area contributed by atoms with Crippen molar-refractivity contribution in [2.45, 2.75) is 68.2 Å². The second-order valence-corrected chi connectivity index (χ2v) is 5.60. The molecule has 1 spiro atoms. The molecule has 3 unspecified atom stereocenters. The monoisotopic (exact) mass is 226 g/mol. The normalized spacial score (nSPS) is 57.9. The average Bonchev–Trinajstić information content (AvgIpc) is 2.94. The minimum absolute atomic E-state index is 0.0829. The van der Waals surface area contributed by atoms with E-state index in [4.69, 9.17) is 19.3 Å². The Kier molecular flexibility index (Phi) is 1.96. The van der Waals surface area contributed by atoms with Crippen molar-refractivity contribution in [3.63, 3.8) is 0 Å². The third kappa shape index (κ3) is 1.24. The van der Waals surface area contributed by atoms with Crippen LogP contribution in [-0.2, 0) is 14.2 Å². The maximum atomic E-state index is 9.01. The molecule has 1 N–H and O–H groups in total. The molecule has 6 atom stereocenters. The van der Waals surface area contributed by atoms with Gasteiger partial charge in [-0.05, 0) is 19.3 Å². The summed E-state index contributed by atoms with van der Waals surface area (Å²) in [7, 11) is 0. The SMILES string of the molecule is OCCC1CCC2O[C@@H]3CC2(C[C@H]2O[C@@H]32)O1. The number of hydrogen-bond donors (Lipinski definition) is 1. The number of rotatable bonds is 2. The summed E-state index contributed by atoms with van der Waals surface area (Å²) in [4.78, 5) is 0. The number of aliphatic hydroxyl groups excluding tert-OH is 1. The van der Waals surface area contributed by atoms with Crippen LogP contribution in [0.1, 0.15) is 32.1 Å². The van der Waals surface area contributed by atoms with E-state index < -0.39 is 0 Å². The fourth-order valence-corrected chi connectivity index (χ4v) is 3.83. The van der Waals surface area contributed by atoms with E-state index in [1.54, 1.807) is 0 Å². The molecule has 2 bridgehead atoms. The highest BCUT2D eigenvalue weighted by molar-refractivity contribution is 5.14. The molecule has 0 aromatic carbocycles. The Bertz CT molecular complexity index is 303. The van der Waals surface area contributed by atoms with E-state index in [1.165, 1.54) is 0 Å². The molecule has 3 saturated heterocycles. The lowest BCUT2D eigenvalue weighted by molar-refractivity contribution is -0.172. The lowest BCUT2D eigenvalue weighted by Gasteiger charge is -2.42. The van der Waals surface area contributed by atoms with E-state index in [9.17, 15) is 0 Å². The molecule has 3 heterocycles. The van der Waals surface area contributed by atoms with Crippen molar-refractivity contribution >= 4 is 0 Å². The summed E-state index contributed by atoms with van der Waals surface area (Å²) in [6.45, 7) is 0.220. The quantitative estimate of drug-likeness (QED) is 0.701. The van der Waals surface area contributed by atoms with Gasteiger partial charge >= 0.3 is 0 Å². The van der Waals surface area contributed by atoms with Gasteiger partial charge in [0.2, 0.25) is 0 Å². The van der Waals surface area contributed by atoms with Gasteiger partial charge in [0.05, 0.1) is 30.0 Å². The minimum Gasteiger partial charge on any atom is -0.396 e. The molecular formula is C12H18O4. The van der Waals surface area contributed by atoms with Crippen LogP contribution in [0.5, 0.6) is 0 Å². The van der Waals surface area contributed by atoms with Crippen LogP contribution in [0, 0.1) is 0 Å². The summed E-state index contributed by atoms with van der Waals surface area (Å²) in [5, 5.41) is 9.01. The van der Waals surface area contributed by atoms with Crippen LogP contribution in [0.2, 0.25) is 0 Å². The molecule has 3 aliphatic heterocycles. The summed E-state index contributed by atoms with van der Waals surface area (Å²) in [5.74, 6) is 0. The molecule has 4 nitrogen and oxygen atoms in total. The Balaban J connectivity index is 1.56. The van der Waals surface area contributed by atoms with Crippen molar-refractivity contribution in [3.05, 3.63) is 0 Å². The Morgan fingerprint density at radius 2 is 1.94 bits per heavy atom. The van der Waals surface area contributed by atoms with Crippen LogP contribution in [0.15, 0.2) is 0 Å². The van der Waals surface area contributed by atoms with Gasteiger partial charge in [0.25, 0.3) is 0 Å². The Labute approximate surface area is 94.9 Å². The highest BCUT2D eigenvalue weighted by atomic mass is 16.6. The first-order chi connectivity index (χ1) is 7.81. The smallest absolute Gasteiger partial charge is 0.110 e. The first kappa shape index (κ1) is 9.83. The minimum atomic E-state index is -0.0829. The van der Waals surface area contributed by atoms with Crippen molar-refractivity contribution < 1.29 is 19.3 Å². The Hall–Kier alpha value is -0.160. The van der Waals surface area contributed by atoms with E-state index in [1.807, 2.05) is 0 Å². The highest BCUT2D eigenvalue weighted by Crippen LogP contribution is 2.55. The highest BCUT2D eigenvalue weighted by Gasteiger charge is 2.66. The van der Waals surface area contributed by atoms with Gasteiger partial charge in [-0.3, -0.25) is 0 Å². The summed E-state index contributed by atoms with van der Waals surface area (Å²) >= 11 is 0. The van der Waals surface area contributed by atoms with Crippen LogP contribution in [0.3, 0.4) is 0 Å². The number of aliphatic hydroxyl groups is 1. The van der Waals surface area contributed by atoms with Crippen LogP contribution < -0.4 is 0 Å². The van der Waals surface area contributed by atoms with Crippen LogP contribution in [0.4, 0.5) is 0 Å².